The van der Waals surface area contributed by atoms with Gasteiger partial charge in [0.25, 0.3) is 0 Å². The van der Waals surface area contributed by atoms with Gasteiger partial charge in [0.15, 0.2) is 16.8 Å². The molecule has 0 spiro atoms. The molecule has 3 N–H and O–H groups in total. The highest BCUT2D eigenvalue weighted by Crippen LogP contribution is 2.33. The third-order valence-electron chi connectivity index (χ3n) is 5.89. The lowest BCUT2D eigenvalue weighted by Crippen LogP contribution is -2.37. The second-order valence-corrected chi connectivity index (χ2v) is 8.76. The summed E-state index contributed by atoms with van der Waals surface area (Å²) in [5.74, 6) is 1.56. The van der Waals surface area contributed by atoms with Crippen LogP contribution in [0.25, 0.3) is 0 Å². The van der Waals surface area contributed by atoms with Gasteiger partial charge >= 0.3 is 0 Å². The van der Waals surface area contributed by atoms with E-state index in [9.17, 15) is 0 Å². The van der Waals surface area contributed by atoms with Crippen molar-refractivity contribution in [2.75, 3.05) is 42.4 Å². The van der Waals surface area contributed by atoms with E-state index in [1.54, 1.807) is 0 Å². The first-order chi connectivity index (χ1) is 15.7. The van der Waals surface area contributed by atoms with Crippen molar-refractivity contribution in [2.24, 2.45) is 0 Å². The summed E-state index contributed by atoms with van der Waals surface area (Å²) in [5, 5.41) is 4.22. The molecule has 1 aliphatic heterocycles. The molecule has 32 heavy (non-hydrogen) atoms. The number of hydrogen-bond donors (Lipinski definition) is 2. The molecule has 7 heteroatoms. The number of anilines is 3. The highest BCUT2D eigenvalue weighted by Gasteiger charge is 2.24. The van der Waals surface area contributed by atoms with Gasteiger partial charge in [0.2, 0.25) is 0 Å². The first kappa shape index (κ1) is 22.4. The average Bonchev–Trinajstić information content (AvgIpc) is 2.86. The van der Waals surface area contributed by atoms with Crippen LogP contribution in [0.1, 0.15) is 36.3 Å². The summed E-state index contributed by atoms with van der Waals surface area (Å²) in [6, 6.07) is 21.0. The normalized spacial score (nSPS) is 16.2. The van der Waals surface area contributed by atoms with E-state index in [1.165, 1.54) is 22.9 Å². The zero-order valence-electron chi connectivity index (χ0n) is 18.7. The minimum absolute atomic E-state index is 0.00936. The quantitative estimate of drug-likeness (QED) is 0.371. The van der Waals surface area contributed by atoms with Crippen LogP contribution in [-0.2, 0) is 4.74 Å². The number of nitrogens with one attached hydrogen (secondary N) is 1. The number of nitrogens with zero attached hydrogens (tertiary/aromatic N) is 3. The Hall–Kier alpha value is -2.77. The Morgan fingerprint density at radius 2 is 1.72 bits per heavy atom. The summed E-state index contributed by atoms with van der Waals surface area (Å²) in [7, 11) is 2.00. The molecule has 0 aliphatic carbocycles. The van der Waals surface area contributed by atoms with Crippen LogP contribution in [0, 0.1) is 0 Å². The molecule has 2 aromatic carbocycles. The fraction of sp³-hybridized carbons (Fsp3) is 0.360. The molecule has 4 rings (SSSR count). The molecule has 3 aromatic rings. The molecule has 1 aliphatic rings. The van der Waals surface area contributed by atoms with Gasteiger partial charge in [0.05, 0.1) is 0 Å². The summed E-state index contributed by atoms with van der Waals surface area (Å²) >= 11 is 1.51. The minimum atomic E-state index is -0.00936. The van der Waals surface area contributed by atoms with Crippen molar-refractivity contribution >= 4 is 29.1 Å². The van der Waals surface area contributed by atoms with E-state index in [0.717, 1.165) is 31.7 Å². The van der Waals surface area contributed by atoms with Gasteiger partial charge in [-0.3, -0.25) is 0 Å². The van der Waals surface area contributed by atoms with Gasteiger partial charge in [-0.05, 0) is 36.6 Å². The largest absolute Gasteiger partial charge is 0.393 e. The van der Waals surface area contributed by atoms with Crippen LogP contribution in [-0.4, -0.2) is 42.7 Å². The number of benzene rings is 2. The minimum Gasteiger partial charge on any atom is -0.393 e. The highest BCUT2D eigenvalue weighted by molar-refractivity contribution is 7.98. The Morgan fingerprint density at radius 1 is 1.06 bits per heavy atom. The van der Waals surface area contributed by atoms with Crippen LogP contribution in [0.5, 0.6) is 0 Å². The third kappa shape index (κ3) is 5.16. The number of nitrogens with two attached hydrogens (primary N) is 1. The molecular formula is C25H31N5OS. The van der Waals surface area contributed by atoms with Crippen LogP contribution in [0.4, 0.5) is 17.3 Å². The molecule has 1 fully saturated rings. The maximum atomic E-state index is 6.58. The van der Waals surface area contributed by atoms with Gasteiger partial charge in [0.1, 0.15) is 11.9 Å². The topological polar surface area (TPSA) is 76.3 Å². The predicted octanol–water partition coefficient (Wildman–Crippen LogP) is 4.99. The van der Waals surface area contributed by atoms with Gasteiger partial charge in [0, 0.05) is 26.1 Å². The SMILES string of the molecule is CSc1nc(NCC(c2ccccc2)c2ccccc2)c(N)c(N(C)C2CCCCO2)n1. The Kier molecular flexibility index (Phi) is 7.50. The van der Waals surface area contributed by atoms with Crippen LogP contribution < -0.4 is 16.0 Å². The monoisotopic (exact) mass is 449 g/mol. The smallest absolute Gasteiger partial charge is 0.191 e. The summed E-state index contributed by atoms with van der Waals surface area (Å²) < 4.78 is 5.96. The molecule has 168 valence electrons. The highest BCUT2D eigenvalue weighted by atomic mass is 32.2. The molecule has 1 aromatic heterocycles. The van der Waals surface area contributed by atoms with E-state index < -0.39 is 0 Å². The predicted molar refractivity (Wildman–Crippen MR) is 133 cm³/mol. The van der Waals surface area contributed by atoms with Crippen LogP contribution >= 0.6 is 11.8 Å². The Balaban J connectivity index is 1.61. The van der Waals surface area contributed by atoms with Crippen molar-refractivity contribution in [2.45, 2.75) is 36.6 Å². The van der Waals surface area contributed by atoms with Crippen molar-refractivity contribution in [3.05, 3.63) is 71.8 Å². The molecule has 0 bridgehead atoms. The molecule has 1 unspecified atom stereocenters. The fourth-order valence-corrected chi connectivity index (χ4v) is 4.46. The van der Waals surface area contributed by atoms with Crippen molar-refractivity contribution in [3.63, 3.8) is 0 Å². The van der Waals surface area contributed by atoms with E-state index in [1.807, 2.05) is 30.3 Å². The van der Waals surface area contributed by atoms with Crippen LogP contribution in [0.15, 0.2) is 65.8 Å². The number of hydrogen-bond acceptors (Lipinski definition) is 7. The lowest BCUT2D eigenvalue weighted by atomic mass is 9.91. The Labute approximate surface area is 194 Å². The summed E-state index contributed by atoms with van der Waals surface area (Å²) in [6.07, 6.45) is 5.20. The number of ether oxygens (including phenoxy) is 1. The summed E-state index contributed by atoms with van der Waals surface area (Å²) in [6.45, 7) is 1.45. The Bertz CT molecular complexity index is 956. The van der Waals surface area contributed by atoms with Crippen molar-refractivity contribution in [1.29, 1.82) is 0 Å². The molecule has 1 saturated heterocycles. The number of nitrogen functional groups attached to an aromatic ring is 1. The Morgan fingerprint density at radius 3 is 2.28 bits per heavy atom. The third-order valence-corrected chi connectivity index (χ3v) is 6.43. The van der Waals surface area contributed by atoms with Gasteiger partial charge in [-0.2, -0.15) is 0 Å². The lowest BCUT2D eigenvalue weighted by Gasteiger charge is -2.33. The van der Waals surface area contributed by atoms with Crippen molar-refractivity contribution in [1.82, 2.24) is 9.97 Å². The molecular weight excluding hydrogens is 418 g/mol. The van der Waals surface area contributed by atoms with E-state index >= 15 is 0 Å². The van der Waals surface area contributed by atoms with Gasteiger partial charge in [-0.25, -0.2) is 9.97 Å². The summed E-state index contributed by atoms with van der Waals surface area (Å²) in [4.78, 5) is 11.4. The van der Waals surface area contributed by atoms with Crippen molar-refractivity contribution in [3.8, 4) is 0 Å². The zero-order chi connectivity index (χ0) is 22.3. The van der Waals surface area contributed by atoms with E-state index in [2.05, 4.69) is 58.8 Å². The van der Waals surface area contributed by atoms with Crippen LogP contribution in [0.3, 0.4) is 0 Å². The second kappa shape index (κ2) is 10.7. The maximum Gasteiger partial charge on any atom is 0.191 e. The first-order valence-corrected chi connectivity index (χ1v) is 12.3. The molecule has 1 atom stereocenters. The number of thioether (sulfide) groups is 1. The van der Waals surface area contributed by atoms with Gasteiger partial charge < -0.3 is 20.7 Å². The second-order valence-electron chi connectivity index (χ2n) is 7.98. The lowest BCUT2D eigenvalue weighted by molar-refractivity contribution is 0.0170. The van der Waals surface area contributed by atoms with Crippen molar-refractivity contribution < 1.29 is 4.74 Å². The maximum absolute atomic E-state index is 6.58. The van der Waals surface area contributed by atoms with Gasteiger partial charge in [-0.15, -0.1) is 0 Å². The van der Waals surface area contributed by atoms with Gasteiger partial charge in [-0.1, -0.05) is 72.4 Å². The van der Waals surface area contributed by atoms with Crippen LogP contribution in [0.2, 0.25) is 0 Å². The summed E-state index contributed by atoms with van der Waals surface area (Å²) in [5.41, 5.74) is 9.63. The average molecular weight is 450 g/mol. The molecule has 2 heterocycles. The molecule has 0 radical (unpaired) electrons. The first-order valence-electron chi connectivity index (χ1n) is 11.1. The van der Waals surface area contributed by atoms with E-state index in [4.69, 9.17) is 15.5 Å². The number of aromatic nitrogens is 2. The van der Waals surface area contributed by atoms with E-state index in [0.29, 0.717) is 23.2 Å². The molecule has 6 nitrogen and oxygen atoms in total. The standard InChI is InChI=1S/C25H31N5OS/c1-30(21-15-9-10-16-31-21)24-22(26)23(28-25(29-24)32-2)27-17-20(18-11-5-3-6-12-18)19-13-7-4-8-14-19/h3-8,11-14,20-21H,9-10,15-17,26H2,1-2H3,(H,27,28,29). The number of rotatable bonds is 8. The molecule has 0 amide bonds. The fourth-order valence-electron chi connectivity index (χ4n) is 4.10. The van der Waals surface area contributed by atoms with E-state index in [-0.39, 0.29) is 12.1 Å². The zero-order valence-corrected chi connectivity index (χ0v) is 19.5. The molecule has 0 saturated carbocycles.